The average molecular weight is 788 g/mol. The Morgan fingerprint density at radius 1 is 0.946 bits per heavy atom. The van der Waals surface area contributed by atoms with Crippen molar-refractivity contribution in [1.29, 1.82) is 0 Å². The first-order valence-corrected chi connectivity index (χ1v) is 18.4. The third-order valence-electron chi connectivity index (χ3n) is 8.59. The first kappa shape index (κ1) is 44.9. The number of alkyl halides is 3. The number of rotatable bonds is 7. The van der Waals surface area contributed by atoms with Gasteiger partial charge in [0.25, 0.3) is 0 Å². The monoisotopic (exact) mass is 787 g/mol. The summed E-state index contributed by atoms with van der Waals surface area (Å²) in [5.74, 6) is -2.84. The molecule has 2 aliphatic heterocycles. The lowest BCUT2D eigenvalue weighted by Crippen LogP contribution is -2.56. The smallest absolute Gasteiger partial charge is 0.490 e. The topological polar surface area (TPSA) is 194 Å². The van der Waals surface area contributed by atoms with Crippen molar-refractivity contribution in [2.75, 3.05) is 6.61 Å². The lowest BCUT2D eigenvalue weighted by Gasteiger charge is -2.28. The minimum Gasteiger partial charge on any atom is -0.491 e. The number of aliphatic carboxylic acids is 1. The molecule has 0 fully saturated rings. The number of hydrogen-bond donors (Lipinski definition) is 5. The van der Waals surface area contributed by atoms with Crippen LogP contribution in [0.15, 0.2) is 54.6 Å². The standard InChI is InChI=1S/C37H51N7O5.C2HF3O2/c1-22(2)17-28-21-49-29-15-13-27(14-16-29)19-30(40-35(46)24(5)6)36(47)41-31(18-26-11-9-8-10-12-26)37(48)42-33(23(3)4)34-38-25(7)43-44(34)20-32(45)39-28;3-2(4,5)1(6)7/h8-16,22-24,28,30-31,33H,17-21H2,1-7H3,(H,39,45)(H,40,46)(H,41,47)(H,42,48);(H,6,7)/t28-,30-,31-,33-;/m0./s1. The van der Waals surface area contributed by atoms with Gasteiger partial charge >= 0.3 is 12.1 Å². The van der Waals surface area contributed by atoms with E-state index in [1.807, 2.05) is 68.4 Å². The zero-order valence-corrected chi connectivity index (χ0v) is 32.6. The molecule has 3 heterocycles. The van der Waals surface area contributed by atoms with E-state index >= 15 is 0 Å². The average Bonchev–Trinajstić information content (AvgIpc) is 3.47. The molecule has 14 nitrogen and oxygen atoms in total. The van der Waals surface area contributed by atoms with E-state index in [9.17, 15) is 32.3 Å². The maximum Gasteiger partial charge on any atom is 0.490 e. The maximum absolute atomic E-state index is 14.2. The Bertz CT molecular complexity index is 1780. The molecule has 5 N–H and O–H groups in total. The molecule has 0 aliphatic carbocycles. The molecule has 0 radical (unpaired) electrons. The van der Waals surface area contributed by atoms with E-state index in [-0.39, 0.29) is 55.7 Å². The van der Waals surface area contributed by atoms with Crippen molar-refractivity contribution in [3.63, 3.8) is 0 Å². The summed E-state index contributed by atoms with van der Waals surface area (Å²) < 4.78 is 39.4. The second kappa shape index (κ2) is 20.4. The summed E-state index contributed by atoms with van der Waals surface area (Å²) in [5.41, 5.74) is 1.65. The third kappa shape index (κ3) is 14.3. The van der Waals surface area contributed by atoms with Crippen LogP contribution in [0.1, 0.15) is 76.8 Å². The number of nitrogens with zero attached hydrogens (tertiary/aromatic N) is 3. The summed E-state index contributed by atoms with van der Waals surface area (Å²) in [6.07, 6.45) is -3.97. The largest absolute Gasteiger partial charge is 0.491 e. The van der Waals surface area contributed by atoms with E-state index < -0.39 is 42.1 Å². The lowest BCUT2D eigenvalue weighted by molar-refractivity contribution is -0.192. The summed E-state index contributed by atoms with van der Waals surface area (Å²) in [6, 6.07) is 13.9. The molecule has 0 unspecified atom stereocenters. The molecule has 17 heteroatoms. The van der Waals surface area contributed by atoms with Gasteiger partial charge in [0.2, 0.25) is 23.6 Å². The fraction of sp³-hybridized carbons (Fsp3) is 0.513. The molecule has 56 heavy (non-hydrogen) atoms. The second-order valence-corrected chi connectivity index (χ2v) is 14.7. The molecule has 0 saturated heterocycles. The van der Waals surface area contributed by atoms with E-state index in [1.54, 1.807) is 20.8 Å². The van der Waals surface area contributed by atoms with Gasteiger partial charge in [-0.2, -0.15) is 18.3 Å². The number of carbonyl (C=O) groups excluding carboxylic acids is 4. The summed E-state index contributed by atoms with van der Waals surface area (Å²) >= 11 is 0. The normalized spacial score (nSPS) is 19.8. The van der Waals surface area contributed by atoms with Crippen LogP contribution in [0, 0.1) is 24.7 Å². The van der Waals surface area contributed by atoms with Crippen molar-refractivity contribution in [2.45, 2.75) is 105 Å². The first-order chi connectivity index (χ1) is 26.2. The van der Waals surface area contributed by atoms with Gasteiger partial charge in [0.05, 0.1) is 12.1 Å². The molecule has 2 aliphatic rings. The highest BCUT2D eigenvalue weighted by atomic mass is 19.4. The van der Waals surface area contributed by atoms with Gasteiger partial charge in [0.15, 0.2) is 5.82 Å². The van der Waals surface area contributed by atoms with Crippen LogP contribution in [0.3, 0.4) is 0 Å². The van der Waals surface area contributed by atoms with Gasteiger partial charge in [-0.1, -0.05) is 84.0 Å². The Labute approximate surface area is 324 Å². The summed E-state index contributed by atoms with van der Waals surface area (Å²) in [4.78, 5) is 67.9. The lowest BCUT2D eigenvalue weighted by atomic mass is 9.99. The predicted octanol–water partition coefficient (Wildman–Crippen LogP) is 4.07. The zero-order chi connectivity index (χ0) is 41.7. The number of aromatic nitrogens is 3. The highest BCUT2D eigenvalue weighted by molar-refractivity contribution is 5.92. The Kier molecular flexibility index (Phi) is 16.4. The van der Waals surface area contributed by atoms with Gasteiger partial charge in [-0.25, -0.2) is 14.5 Å². The van der Waals surface area contributed by atoms with E-state index in [0.29, 0.717) is 29.7 Å². The van der Waals surface area contributed by atoms with Crippen molar-refractivity contribution in [1.82, 2.24) is 36.0 Å². The number of nitrogens with one attached hydrogen (secondary N) is 4. The van der Waals surface area contributed by atoms with Crippen LogP contribution in [-0.2, 0) is 43.4 Å². The number of fused-ring (bicyclic) bond motifs is 14. The van der Waals surface area contributed by atoms with Gasteiger partial charge < -0.3 is 31.1 Å². The minimum absolute atomic E-state index is 0.0973. The quantitative estimate of drug-likeness (QED) is 0.235. The Morgan fingerprint density at radius 2 is 1.57 bits per heavy atom. The summed E-state index contributed by atoms with van der Waals surface area (Å²) in [6.45, 7) is 13.5. The Balaban J connectivity index is 0.00000109. The number of carbonyl (C=O) groups is 5. The number of hydrogen-bond acceptors (Lipinski definition) is 8. The van der Waals surface area contributed by atoms with Crippen molar-refractivity contribution in [3.8, 4) is 5.75 Å². The number of benzene rings is 2. The first-order valence-electron chi connectivity index (χ1n) is 18.4. The Hall–Kier alpha value is -5.48. The molecular weight excluding hydrogens is 735 g/mol. The molecule has 2 aromatic carbocycles. The van der Waals surface area contributed by atoms with Gasteiger partial charge in [0.1, 0.15) is 36.8 Å². The number of carboxylic acids is 1. The van der Waals surface area contributed by atoms with Gasteiger partial charge in [-0.05, 0) is 48.4 Å². The van der Waals surface area contributed by atoms with Crippen molar-refractivity contribution in [2.24, 2.45) is 17.8 Å². The van der Waals surface area contributed by atoms with Crippen LogP contribution in [0.4, 0.5) is 13.2 Å². The number of aryl methyl sites for hydroxylation is 1. The maximum atomic E-state index is 14.2. The predicted molar refractivity (Wildman–Crippen MR) is 200 cm³/mol. The fourth-order valence-electron chi connectivity index (χ4n) is 5.78. The van der Waals surface area contributed by atoms with Crippen molar-refractivity contribution < 1.29 is 47.0 Å². The minimum atomic E-state index is -5.08. The molecule has 0 spiro atoms. The summed E-state index contributed by atoms with van der Waals surface area (Å²) in [7, 11) is 0. The molecule has 306 valence electrons. The fourth-order valence-corrected chi connectivity index (χ4v) is 5.78. The number of carboxylic acid groups (broad SMARTS) is 1. The van der Waals surface area contributed by atoms with E-state index in [0.717, 1.165) is 11.1 Å². The second-order valence-electron chi connectivity index (χ2n) is 14.7. The molecule has 3 aromatic rings. The highest BCUT2D eigenvalue weighted by Gasteiger charge is 2.38. The van der Waals surface area contributed by atoms with Crippen LogP contribution >= 0.6 is 0 Å². The molecule has 5 rings (SSSR count). The molecule has 4 atom stereocenters. The molecule has 4 amide bonds. The SMILES string of the molecule is Cc1nc2n(n1)CC(=O)N[C@@H](CC(C)C)COc1ccc(cc1)C[C@H](NC(=O)C(C)C)C(=O)N[C@@H](Cc1ccccc1)C(=O)N[C@H]2C(C)C.O=C(O)C(F)(F)F. The number of halogens is 3. The van der Waals surface area contributed by atoms with Gasteiger partial charge in [0, 0.05) is 18.8 Å². The van der Waals surface area contributed by atoms with E-state index in [4.69, 9.17) is 14.6 Å². The highest BCUT2D eigenvalue weighted by Crippen LogP contribution is 2.22. The molecular formula is C39H52F3N7O7. The molecule has 0 saturated carbocycles. The number of amides is 4. The van der Waals surface area contributed by atoms with Crippen LogP contribution in [-0.4, -0.2) is 80.4 Å². The van der Waals surface area contributed by atoms with E-state index in [1.165, 1.54) is 4.68 Å². The van der Waals surface area contributed by atoms with Crippen LogP contribution < -0.4 is 26.0 Å². The third-order valence-corrected chi connectivity index (χ3v) is 8.59. The van der Waals surface area contributed by atoms with E-state index in [2.05, 4.69) is 45.2 Å². The van der Waals surface area contributed by atoms with Gasteiger partial charge in [-0.3, -0.25) is 19.2 Å². The van der Waals surface area contributed by atoms with Crippen molar-refractivity contribution >= 4 is 29.6 Å². The summed E-state index contributed by atoms with van der Waals surface area (Å²) in [5, 5.41) is 23.7. The molecule has 1 aromatic heterocycles. The zero-order valence-electron chi connectivity index (χ0n) is 32.6. The molecule has 2 bridgehead atoms. The van der Waals surface area contributed by atoms with Gasteiger partial charge in [-0.15, -0.1) is 0 Å². The van der Waals surface area contributed by atoms with Crippen molar-refractivity contribution in [3.05, 3.63) is 77.4 Å². The Morgan fingerprint density at radius 3 is 2.12 bits per heavy atom. The number of ether oxygens (including phenoxy) is 1. The van der Waals surface area contributed by atoms with Crippen LogP contribution in [0.5, 0.6) is 5.75 Å². The van der Waals surface area contributed by atoms with Crippen LogP contribution in [0.25, 0.3) is 0 Å². The van der Waals surface area contributed by atoms with Crippen LogP contribution in [0.2, 0.25) is 0 Å².